The van der Waals surface area contributed by atoms with Crippen LogP contribution in [0.1, 0.15) is 45.6 Å². The summed E-state index contributed by atoms with van der Waals surface area (Å²) in [5, 5.41) is 12.8. The summed E-state index contributed by atoms with van der Waals surface area (Å²) in [6.45, 7) is 5.69. The number of quaternary nitrogens is 1. The minimum Gasteiger partial charge on any atom is -0.465 e. The van der Waals surface area contributed by atoms with Crippen LogP contribution in [-0.2, 0) is 20.7 Å². The van der Waals surface area contributed by atoms with E-state index in [0.717, 1.165) is 5.56 Å². The second kappa shape index (κ2) is 9.80. The van der Waals surface area contributed by atoms with Crippen LogP contribution in [0.4, 0.5) is 4.79 Å². The lowest BCUT2D eigenvalue weighted by molar-refractivity contribution is -0.793. The normalized spacial score (nSPS) is 23.8. The predicted octanol–water partition coefficient (Wildman–Crippen LogP) is 2.73. The molecule has 1 heterocycles. The Morgan fingerprint density at radius 2 is 1.96 bits per heavy atom. The van der Waals surface area contributed by atoms with Gasteiger partial charge < -0.3 is 9.84 Å². The molecule has 1 aliphatic heterocycles. The van der Waals surface area contributed by atoms with Crippen LogP contribution in [0.3, 0.4) is 0 Å². The first kappa shape index (κ1) is 22.0. The van der Waals surface area contributed by atoms with Crippen molar-refractivity contribution in [1.29, 1.82) is 0 Å². The first-order valence-corrected chi connectivity index (χ1v) is 9.95. The Kier molecular flexibility index (Phi) is 7.71. The monoisotopic (exact) mass is 391 g/mol. The summed E-state index contributed by atoms with van der Waals surface area (Å²) < 4.78 is 4.58. The Morgan fingerprint density at radius 1 is 1.29 bits per heavy atom. The lowest BCUT2D eigenvalue weighted by Crippen LogP contribution is -2.64. The number of nitrogens with one attached hydrogen (secondary N) is 1. The molecule has 0 spiro atoms. The van der Waals surface area contributed by atoms with Gasteiger partial charge in [0.05, 0.1) is 13.2 Å². The van der Waals surface area contributed by atoms with E-state index in [-0.39, 0.29) is 19.2 Å². The maximum absolute atomic E-state index is 13.1. The number of amides is 2. The molecular weight excluding hydrogens is 360 g/mol. The maximum Gasteiger partial charge on any atom is 0.521 e. The van der Waals surface area contributed by atoms with E-state index in [1.54, 1.807) is 20.8 Å². The van der Waals surface area contributed by atoms with Crippen molar-refractivity contribution in [3.63, 3.8) is 0 Å². The number of carbonyl (C=O) groups is 3. The number of benzene rings is 1. The van der Waals surface area contributed by atoms with Crippen molar-refractivity contribution < 1.29 is 28.7 Å². The van der Waals surface area contributed by atoms with Crippen LogP contribution in [0.5, 0.6) is 0 Å². The molecule has 1 saturated heterocycles. The topological polar surface area (TPSA) is 92.7 Å². The fourth-order valence-electron chi connectivity index (χ4n) is 3.97. The number of rotatable bonds is 8. The minimum atomic E-state index is -1.12. The summed E-state index contributed by atoms with van der Waals surface area (Å²) in [4.78, 5) is 37.4. The SMILES string of the molecule is CCOC(=O)C(CCc1ccccc1)N[C@@H](C)C(=O)[N@+]1(C(=O)O)CCCC1C. The molecule has 0 bridgehead atoms. The van der Waals surface area contributed by atoms with Gasteiger partial charge >= 0.3 is 18.0 Å². The summed E-state index contributed by atoms with van der Waals surface area (Å²) in [5.74, 6) is -0.832. The quantitative estimate of drug-likeness (QED) is 0.523. The molecule has 1 aromatic rings. The van der Waals surface area contributed by atoms with Gasteiger partial charge in [0.25, 0.3) is 0 Å². The Bertz CT molecular complexity index is 693. The van der Waals surface area contributed by atoms with E-state index in [9.17, 15) is 19.5 Å². The van der Waals surface area contributed by atoms with E-state index < -0.39 is 34.5 Å². The van der Waals surface area contributed by atoms with Gasteiger partial charge in [-0.05, 0) is 39.2 Å². The van der Waals surface area contributed by atoms with Crippen molar-refractivity contribution in [2.45, 2.75) is 64.6 Å². The van der Waals surface area contributed by atoms with E-state index in [1.807, 2.05) is 30.3 Å². The van der Waals surface area contributed by atoms with E-state index in [4.69, 9.17) is 4.74 Å². The third-order valence-corrected chi connectivity index (χ3v) is 5.58. The fourth-order valence-corrected chi connectivity index (χ4v) is 3.97. The zero-order valence-electron chi connectivity index (χ0n) is 16.9. The third kappa shape index (κ3) is 4.77. The number of likely N-dealkylation sites (tertiary alicyclic amines) is 1. The molecule has 1 fully saturated rings. The molecule has 28 heavy (non-hydrogen) atoms. The Balaban J connectivity index is 2.12. The van der Waals surface area contributed by atoms with E-state index >= 15 is 0 Å². The van der Waals surface area contributed by atoms with Gasteiger partial charge in [-0.1, -0.05) is 30.3 Å². The van der Waals surface area contributed by atoms with Crippen molar-refractivity contribution in [3.8, 4) is 0 Å². The van der Waals surface area contributed by atoms with Crippen molar-refractivity contribution in [1.82, 2.24) is 5.32 Å². The number of carboxylic acid groups (broad SMARTS) is 1. The van der Waals surface area contributed by atoms with Gasteiger partial charge in [-0.2, -0.15) is 9.28 Å². The molecule has 2 unspecified atom stereocenters. The highest BCUT2D eigenvalue weighted by Crippen LogP contribution is 2.29. The molecule has 2 amide bonds. The van der Waals surface area contributed by atoms with Gasteiger partial charge in [0, 0.05) is 12.8 Å². The minimum absolute atomic E-state index is 0.247. The van der Waals surface area contributed by atoms with Crippen LogP contribution >= 0.6 is 0 Å². The predicted molar refractivity (Wildman–Crippen MR) is 105 cm³/mol. The molecule has 0 saturated carbocycles. The summed E-state index contributed by atoms with van der Waals surface area (Å²) >= 11 is 0. The Labute approximate surface area is 166 Å². The van der Waals surface area contributed by atoms with Crippen molar-refractivity contribution in [2.24, 2.45) is 0 Å². The first-order chi connectivity index (χ1) is 13.3. The van der Waals surface area contributed by atoms with Gasteiger partial charge in [0.2, 0.25) is 0 Å². The molecule has 7 nitrogen and oxygen atoms in total. The van der Waals surface area contributed by atoms with Crippen LogP contribution < -0.4 is 5.32 Å². The highest BCUT2D eigenvalue weighted by atomic mass is 16.5. The highest BCUT2D eigenvalue weighted by Gasteiger charge is 2.54. The average molecular weight is 391 g/mol. The van der Waals surface area contributed by atoms with Gasteiger partial charge in [0.1, 0.15) is 18.1 Å². The first-order valence-electron chi connectivity index (χ1n) is 9.95. The van der Waals surface area contributed by atoms with E-state index in [1.165, 1.54) is 0 Å². The van der Waals surface area contributed by atoms with E-state index in [0.29, 0.717) is 25.7 Å². The van der Waals surface area contributed by atoms with Crippen LogP contribution in [0.25, 0.3) is 0 Å². The van der Waals surface area contributed by atoms with Crippen LogP contribution in [0.2, 0.25) is 0 Å². The van der Waals surface area contributed by atoms with Gasteiger partial charge in [-0.25, -0.2) is 4.79 Å². The standard InChI is InChI=1S/C21H30N2O5/c1-4-28-20(25)18(13-12-17-10-6-5-7-11-17)22-16(3)19(24)23(21(26)27)14-8-9-15(23)2/h5-7,10-11,15-16,18,22H,4,8-9,12-14H2,1-3H3/p+1/t15?,16-,18?,23-/m0/s1. The number of aryl methyl sites for hydroxylation is 1. The molecule has 0 radical (unpaired) electrons. The van der Waals surface area contributed by atoms with Crippen LogP contribution in [0.15, 0.2) is 30.3 Å². The number of esters is 1. The number of hydrogen-bond donors (Lipinski definition) is 2. The van der Waals surface area contributed by atoms with Crippen molar-refractivity contribution in [2.75, 3.05) is 13.2 Å². The summed E-state index contributed by atoms with van der Waals surface area (Å²) in [7, 11) is 0. The molecule has 4 atom stereocenters. The third-order valence-electron chi connectivity index (χ3n) is 5.58. The number of ether oxygens (including phenoxy) is 1. The lowest BCUT2D eigenvalue weighted by Gasteiger charge is -2.33. The van der Waals surface area contributed by atoms with Crippen molar-refractivity contribution in [3.05, 3.63) is 35.9 Å². The number of hydrogen-bond acceptors (Lipinski definition) is 5. The van der Waals surface area contributed by atoms with E-state index in [2.05, 4.69) is 5.32 Å². The maximum atomic E-state index is 13.1. The molecular formula is C21H31N2O5+. The lowest BCUT2D eigenvalue weighted by atomic mass is 10.0. The molecule has 2 N–H and O–H groups in total. The number of imide groups is 1. The van der Waals surface area contributed by atoms with Crippen LogP contribution in [-0.4, -0.2) is 58.8 Å². The summed E-state index contributed by atoms with van der Waals surface area (Å²) in [6.07, 6.45) is 1.37. The largest absolute Gasteiger partial charge is 0.521 e. The summed E-state index contributed by atoms with van der Waals surface area (Å²) in [6, 6.07) is 8.03. The summed E-state index contributed by atoms with van der Waals surface area (Å²) in [5.41, 5.74) is 1.08. The van der Waals surface area contributed by atoms with Crippen molar-refractivity contribution >= 4 is 18.0 Å². The van der Waals surface area contributed by atoms with Gasteiger partial charge in [-0.15, -0.1) is 0 Å². The smallest absolute Gasteiger partial charge is 0.465 e. The highest BCUT2D eigenvalue weighted by molar-refractivity contribution is 5.85. The zero-order valence-corrected chi connectivity index (χ0v) is 16.9. The molecule has 0 aliphatic carbocycles. The molecule has 1 aromatic carbocycles. The molecule has 7 heteroatoms. The Hall–Kier alpha value is -2.25. The van der Waals surface area contributed by atoms with Crippen LogP contribution in [0, 0.1) is 0 Å². The number of nitrogens with zero attached hydrogens (tertiary/aromatic N) is 1. The molecule has 0 aromatic heterocycles. The average Bonchev–Trinajstić information content (AvgIpc) is 3.07. The molecule has 1 aliphatic rings. The second-order valence-corrected chi connectivity index (χ2v) is 7.42. The Morgan fingerprint density at radius 3 is 2.50 bits per heavy atom. The second-order valence-electron chi connectivity index (χ2n) is 7.42. The van der Waals surface area contributed by atoms with Gasteiger partial charge in [-0.3, -0.25) is 10.1 Å². The molecule has 154 valence electrons. The zero-order chi connectivity index (χ0) is 20.7. The molecule has 2 rings (SSSR count). The van der Waals surface area contributed by atoms with Gasteiger partial charge in [0.15, 0.2) is 0 Å². The fraction of sp³-hybridized carbons (Fsp3) is 0.571. The number of carbonyl (C=O) groups excluding carboxylic acids is 2.